The quantitative estimate of drug-likeness (QED) is 0.733. The number of amides is 1. The van der Waals surface area contributed by atoms with Crippen molar-refractivity contribution in [1.29, 1.82) is 0 Å². The van der Waals surface area contributed by atoms with E-state index in [2.05, 4.69) is 15.6 Å². The van der Waals surface area contributed by atoms with E-state index in [1.807, 2.05) is 12.1 Å². The molecule has 0 aliphatic rings. The molecule has 0 aliphatic heterocycles. The van der Waals surface area contributed by atoms with Crippen LogP contribution in [0.3, 0.4) is 0 Å². The Bertz CT molecular complexity index is 629. The van der Waals surface area contributed by atoms with Crippen molar-refractivity contribution >= 4 is 17.4 Å². The second-order valence-corrected chi connectivity index (χ2v) is 4.86. The molecule has 0 fully saturated rings. The van der Waals surface area contributed by atoms with E-state index in [0.717, 1.165) is 18.8 Å². The van der Waals surface area contributed by atoms with E-state index in [9.17, 15) is 4.79 Å². The van der Waals surface area contributed by atoms with Gasteiger partial charge in [0.1, 0.15) is 11.6 Å². The second-order valence-electron chi connectivity index (χ2n) is 4.86. The fourth-order valence-electron chi connectivity index (χ4n) is 2.01. The van der Waals surface area contributed by atoms with Crippen LogP contribution in [0.2, 0.25) is 0 Å². The van der Waals surface area contributed by atoms with Gasteiger partial charge in [0.25, 0.3) is 5.91 Å². The lowest BCUT2D eigenvalue weighted by Gasteiger charge is -2.10. The Balaban J connectivity index is 1.94. The SMILES string of the molecule is COCCCNc1ccc(C(=O)Nc2ccccc2OC)cn1. The molecule has 0 spiro atoms. The normalized spacial score (nSPS) is 10.2. The van der Waals surface area contributed by atoms with Gasteiger partial charge < -0.3 is 20.1 Å². The molecule has 0 saturated carbocycles. The topological polar surface area (TPSA) is 72.5 Å². The van der Waals surface area contributed by atoms with Crippen LogP contribution in [0.4, 0.5) is 11.5 Å². The van der Waals surface area contributed by atoms with Gasteiger partial charge in [-0.25, -0.2) is 4.98 Å². The predicted molar refractivity (Wildman–Crippen MR) is 90.2 cm³/mol. The van der Waals surface area contributed by atoms with E-state index in [0.29, 0.717) is 23.6 Å². The number of hydrogen-bond acceptors (Lipinski definition) is 5. The zero-order valence-electron chi connectivity index (χ0n) is 13.3. The molecule has 2 rings (SSSR count). The van der Waals surface area contributed by atoms with Crippen LogP contribution in [0, 0.1) is 0 Å². The highest BCUT2D eigenvalue weighted by molar-refractivity contribution is 6.04. The lowest BCUT2D eigenvalue weighted by atomic mass is 10.2. The van der Waals surface area contributed by atoms with Crippen molar-refractivity contribution in [3.8, 4) is 5.75 Å². The van der Waals surface area contributed by atoms with Gasteiger partial charge in [0.05, 0.1) is 18.4 Å². The Morgan fingerprint density at radius 2 is 2.00 bits per heavy atom. The van der Waals surface area contributed by atoms with Crippen LogP contribution >= 0.6 is 0 Å². The van der Waals surface area contributed by atoms with Crippen LogP contribution in [0.25, 0.3) is 0 Å². The molecule has 0 aliphatic carbocycles. The van der Waals surface area contributed by atoms with Crippen LogP contribution in [0.5, 0.6) is 5.75 Å². The fourth-order valence-corrected chi connectivity index (χ4v) is 2.01. The zero-order chi connectivity index (χ0) is 16.5. The van der Waals surface area contributed by atoms with E-state index in [-0.39, 0.29) is 5.91 Å². The van der Waals surface area contributed by atoms with Gasteiger partial charge in [0.15, 0.2) is 0 Å². The van der Waals surface area contributed by atoms with Crippen LogP contribution in [0.15, 0.2) is 42.6 Å². The number of nitrogens with one attached hydrogen (secondary N) is 2. The Labute approximate surface area is 135 Å². The summed E-state index contributed by atoms with van der Waals surface area (Å²) in [4.78, 5) is 16.5. The Hall–Kier alpha value is -2.60. The molecule has 0 radical (unpaired) electrons. The maximum atomic E-state index is 12.2. The number of pyridine rings is 1. The zero-order valence-corrected chi connectivity index (χ0v) is 13.3. The van der Waals surface area contributed by atoms with E-state index >= 15 is 0 Å². The number of carbonyl (C=O) groups is 1. The maximum Gasteiger partial charge on any atom is 0.257 e. The van der Waals surface area contributed by atoms with Crippen molar-refractivity contribution in [2.45, 2.75) is 6.42 Å². The number of carbonyl (C=O) groups excluding carboxylic acids is 1. The molecule has 0 bridgehead atoms. The first-order chi connectivity index (χ1) is 11.2. The van der Waals surface area contributed by atoms with Crippen LogP contribution < -0.4 is 15.4 Å². The van der Waals surface area contributed by atoms with Gasteiger partial charge >= 0.3 is 0 Å². The summed E-state index contributed by atoms with van der Waals surface area (Å²) in [6, 6.07) is 10.8. The molecule has 0 unspecified atom stereocenters. The van der Waals surface area contributed by atoms with Crippen molar-refractivity contribution in [3.63, 3.8) is 0 Å². The molecular weight excluding hydrogens is 294 g/mol. The van der Waals surface area contributed by atoms with Crippen molar-refractivity contribution in [1.82, 2.24) is 4.98 Å². The summed E-state index contributed by atoms with van der Waals surface area (Å²) in [6.45, 7) is 1.47. The number of aromatic nitrogens is 1. The van der Waals surface area contributed by atoms with E-state index < -0.39 is 0 Å². The summed E-state index contributed by atoms with van der Waals surface area (Å²) in [5.74, 6) is 1.12. The maximum absolute atomic E-state index is 12.2. The third-order valence-corrected chi connectivity index (χ3v) is 3.21. The largest absolute Gasteiger partial charge is 0.495 e. The number of methoxy groups -OCH3 is 2. The number of anilines is 2. The van der Waals surface area contributed by atoms with Gasteiger partial charge in [0.2, 0.25) is 0 Å². The lowest BCUT2D eigenvalue weighted by molar-refractivity contribution is 0.102. The van der Waals surface area contributed by atoms with Crippen molar-refractivity contribution in [3.05, 3.63) is 48.2 Å². The minimum atomic E-state index is -0.229. The number of benzene rings is 1. The van der Waals surface area contributed by atoms with Crippen molar-refractivity contribution in [2.75, 3.05) is 38.0 Å². The molecular formula is C17H21N3O3. The highest BCUT2D eigenvalue weighted by Gasteiger charge is 2.09. The van der Waals surface area contributed by atoms with Gasteiger partial charge in [-0.1, -0.05) is 12.1 Å². The standard InChI is InChI=1S/C17H21N3O3/c1-22-11-5-10-18-16-9-8-13(12-19-16)17(21)20-14-6-3-4-7-15(14)23-2/h3-4,6-9,12H,5,10-11H2,1-2H3,(H,18,19)(H,20,21). The summed E-state index contributed by atoms with van der Waals surface area (Å²) in [5, 5.41) is 5.99. The summed E-state index contributed by atoms with van der Waals surface area (Å²) in [7, 11) is 3.24. The summed E-state index contributed by atoms with van der Waals surface area (Å²) < 4.78 is 10.2. The number of para-hydroxylation sites is 2. The molecule has 122 valence electrons. The van der Waals surface area contributed by atoms with Crippen LogP contribution in [0.1, 0.15) is 16.8 Å². The first-order valence-corrected chi connectivity index (χ1v) is 7.38. The first-order valence-electron chi connectivity index (χ1n) is 7.38. The van der Waals surface area contributed by atoms with Gasteiger partial charge in [-0.2, -0.15) is 0 Å². The molecule has 6 heteroatoms. The van der Waals surface area contributed by atoms with E-state index in [4.69, 9.17) is 9.47 Å². The summed E-state index contributed by atoms with van der Waals surface area (Å²) in [5.41, 5.74) is 1.11. The molecule has 1 heterocycles. The Morgan fingerprint density at radius 3 is 2.70 bits per heavy atom. The Morgan fingerprint density at radius 1 is 1.17 bits per heavy atom. The number of nitrogens with zero attached hydrogens (tertiary/aromatic N) is 1. The molecule has 1 aromatic carbocycles. The molecule has 0 atom stereocenters. The highest BCUT2D eigenvalue weighted by Crippen LogP contribution is 2.23. The fraction of sp³-hybridized carbons (Fsp3) is 0.294. The molecule has 2 aromatic rings. The highest BCUT2D eigenvalue weighted by atomic mass is 16.5. The minimum Gasteiger partial charge on any atom is -0.495 e. The smallest absolute Gasteiger partial charge is 0.257 e. The summed E-state index contributed by atoms with van der Waals surface area (Å²) in [6.07, 6.45) is 2.44. The van der Waals surface area contributed by atoms with Gasteiger partial charge in [-0.15, -0.1) is 0 Å². The third kappa shape index (κ3) is 4.96. The predicted octanol–water partition coefficient (Wildman–Crippen LogP) is 2.79. The molecule has 0 saturated heterocycles. The monoisotopic (exact) mass is 315 g/mol. The lowest BCUT2D eigenvalue weighted by Crippen LogP contribution is -2.13. The van der Waals surface area contributed by atoms with Gasteiger partial charge in [-0.05, 0) is 30.7 Å². The molecule has 1 amide bonds. The average molecular weight is 315 g/mol. The third-order valence-electron chi connectivity index (χ3n) is 3.21. The number of hydrogen-bond donors (Lipinski definition) is 2. The molecule has 23 heavy (non-hydrogen) atoms. The van der Waals surface area contributed by atoms with E-state index in [1.54, 1.807) is 44.7 Å². The first kappa shape index (κ1) is 16.8. The molecule has 6 nitrogen and oxygen atoms in total. The summed E-state index contributed by atoms with van der Waals surface area (Å²) >= 11 is 0. The average Bonchev–Trinajstić information content (AvgIpc) is 2.59. The van der Waals surface area contributed by atoms with Crippen LogP contribution in [-0.4, -0.2) is 38.3 Å². The van der Waals surface area contributed by atoms with E-state index in [1.165, 1.54) is 0 Å². The van der Waals surface area contributed by atoms with Crippen LogP contribution in [-0.2, 0) is 4.74 Å². The Kier molecular flexibility index (Phi) is 6.38. The van der Waals surface area contributed by atoms with Gasteiger partial charge in [0, 0.05) is 26.5 Å². The number of ether oxygens (including phenoxy) is 2. The number of rotatable bonds is 8. The van der Waals surface area contributed by atoms with Gasteiger partial charge in [-0.3, -0.25) is 4.79 Å². The molecule has 2 N–H and O–H groups in total. The second kappa shape index (κ2) is 8.75. The van der Waals surface area contributed by atoms with Crippen molar-refractivity contribution < 1.29 is 14.3 Å². The minimum absolute atomic E-state index is 0.229. The van der Waals surface area contributed by atoms with Crippen molar-refractivity contribution in [2.24, 2.45) is 0 Å². The molecule has 1 aromatic heterocycles.